The number of hydrogen-bond acceptors (Lipinski definition) is 3. The fourth-order valence-corrected chi connectivity index (χ4v) is 2.45. The molecule has 1 aromatic carbocycles. The highest BCUT2D eigenvalue weighted by atomic mass is 79.9. The third-order valence-corrected chi connectivity index (χ3v) is 3.60. The molecule has 2 N–H and O–H groups in total. The van der Waals surface area contributed by atoms with Crippen LogP contribution in [0.2, 0.25) is 0 Å². The van der Waals surface area contributed by atoms with Gasteiger partial charge in [-0.2, -0.15) is 0 Å². The van der Waals surface area contributed by atoms with Gasteiger partial charge in [-0.25, -0.2) is 9.18 Å². The Hall–Kier alpha value is -1.47. The molecule has 1 aromatic rings. The molecule has 2 rings (SSSR count). The van der Waals surface area contributed by atoms with Crippen LogP contribution in [0.15, 0.2) is 22.7 Å². The van der Waals surface area contributed by atoms with E-state index in [2.05, 4.69) is 15.9 Å². The average Bonchev–Trinajstić information content (AvgIpc) is 2.74. The van der Waals surface area contributed by atoms with Gasteiger partial charge in [-0.1, -0.05) is 0 Å². The zero-order valence-corrected chi connectivity index (χ0v) is 11.3. The van der Waals surface area contributed by atoms with E-state index in [0.29, 0.717) is 0 Å². The highest BCUT2D eigenvalue weighted by molar-refractivity contribution is 9.10. The van der Waals surface area contributed by atoms with Gasteiger partial charge in [-0.15, -0.1) is 0 Å². The van der Waals surface area contributed by atoms with E-state index in [1.54, 1.807) is 0 Å². The van der Waals surface area contributed by atoms with Crippen molar-refractivity contribution in [2.45, 2.75) is 18.6 Å². The minimum Gasteiger partial charge on any atom is -0.480 e. The van der Waals surface area contributed by atoms with E-state index in [0.717, 1.165) is 11.0 Å². The third kappa shape index (κ3) is 2.76. The minimum atomic E-state index is -1.16. The highest BCUT2D eigenvalue weighted by Crippen LogP contribution is 2.23. The number of carbonyl (C=O) groups is 2. The Morgan fingerprint density at radius 3 is 2.68 bits per heavy atom. The van der Waals surface area contributed by atoms with E-state index in [1.165, 1.54) is 12.1 Å². The van der Waals surface area contributed by atoms with Crippen molar-refractivity contribution in [2.24, 2.45) is 0 Å². The minimum absolute atomic E-state index is 0.00341. The van der Waals surface area contributed by atoms with Crippen molar-refractivity contribution in [2.75, 3.05) is 6.54 Å². The molecule has 0 aliphatic carbocycles. The van der Waals surface area contributed by atoms with Crippen molar-refractivity contribution in [1.82, 2.24) is 4.90 Å². The van der Waals surface area contributed by atoms with E-state index >= 15 is 0 Å². The molecule has 19 heavy (non-hydrogen) atoms. The molecule has 1 aliphatic heterocycles. The number of rotatable bonds is 2. The Kier molecular flexibility index (Phi) is 3.86. The SMILES string of the molecule is O=C(O)C1CC(O)CN1C(=O)c1ccc(F)c(Br)c1. The summed E-state index contributed by atoms with van der Waals surface area (Å²) in [6, 6.07) is 2.65. The van der Waals surface area contributed by atoms with E-state index in [9.17, 15) is 19.1 Å². The zero-order valence-electron chi connectivity index (χ0n) is 9.72. The summed E-state index contributed by atoms with van der Waals surface area (Å²) in [5.41, 5.74) is 0.175. The van der Waals surface area contributed by atoms with Gasteiger partial charge in [0.2, 0.25) is 0 Å². The van der Waals surface area contributed by atoms with E-state index < -0.39 is 29.8 Å². The van der Waals surface area contributed by atoms with Crippen molar-refractivity contribution < 1.29 is 24.2 Å². The molecule has 2 unspecified atom stereocenters. The van der Waals surface area contributed by atoms with E-state index in [1.807, 2.05) is 0 Å². The van der Waals surface area contributed by atoms with Crippen LogP contribution < -0.4 is 0 Å². The lowest BCUT2D eigenvalue weighted by molar-refractivity contribution is -0.141. The number of aliphatic hydroxyl groups excluding tert-OH is 1. The second kappa shape index (κ2) is 5.26. The number of aliphatic hydroxyl groups is 1. The molecular weight excluding hydrogens is 321 g/mol. The molecule has 0 bridgehead atoms. The van der Waals surface area contributed by atoms with Gasteiger partial charge in [-0.05, 0) is 34.1 Å². The quantitative estimate of drug-likeness (QED) is 0.854. The van der Waals surface area contributed by atoms with Gasteiger partial charge in [-0.3, -0.25) is 4.79 Å². The summed E-state index contributed by atoms with van der Waals surface area (Å²) in [5, 5.41) is 18.5. The molecule has 1 fully saturated rings. The second-order valence-corrected chi connectivity index (χ2v) is 5.18. The van der Waals surface area contributed by atoms with Gasteiger partial charge < -0.3 is 15.1 Å². The van der Waals surface area contributed by atoms with Crippen molar-refractivity contribution in [3.63, 3.8) is 0 Å². The molecule has 0 aromatic heterocycles. The summed E-state index contributed by atoms with van der Waals surface area (Å²) >= 11 is 2.97. The molecule has 0 radical (unpaired) electrons. The monoisotopic (exact) mass is 331 g/mol. The lowest BCUT2D eigenvalue weighted by atomic mass is 10.1. The van der Waals surface area contributed by atoms with Gasteiger partial charge in [0.05, 0.1) is 10.6 Å². The number of hydrogen-bond donors (Lipinski definition) is 2. The largest absolute Gasteiger partial charge is 0.480 e. The number of carboxylic acid groups (broad SMARTS) is 1. The fourth-order valence-electron chi connectivity index (χ4n) is 2.07. The van der Waals surface area contributed by atoms with Gasteiger partial charge in [0.25, 0.3) is 5.91 Å². The Labute approximate surface area is 116 Å². The number of carbonyl (C=O) groups excluding carboxylic acids is 1. The molecular formula is C12H11BrFNO4. The topological polar surface area (TPSA) is 77.8 Å². The smallest absolute Gasteiger partial charge is 0.326 e. The molecule has 1 heterocycles. The van der Waals surface area contributed by atoms with E-state index in [4.69, 9.17) is 5.11 Å². The summed E-state index contributed by atoms with van der Waals surface area (Å²) in [6.07, 6.45) is -0.849. The van der Waals surface area contributed by atoms with Crippen molar-refractivity contribution >= 4 is 27.8 Å². The molecule has 5 nitrogen and oxygen atoms in total. The number of amides is 1. The standard InChI is InChI=1S/C12H11BrFNO4/c13-8-3-6(1-2-9(8)14)11(17)15-5-7(16)4-10(15)12(18)19/h1-3,7,10,16H,4-5H2,(H,18,19). The van der Waals surface area contributed by atoms with Gasteiger partial charge in [0.15, 0.2) is 0 Å². The molecule has 1 aliphatic rings. The number of likely N-dealkylation sites (tertiary alicyclic amines) is 1. The number of nitrogens with zero attached hydrogens (tertiary/aromatic N) is 1. The lowest BCUT2D eigenvalue weighted by Crippen LogP contribution is -2.40. The first-order chi connectivity index (χ1) is 8.90. The first-order valence-electron chi connectivity index (χ1n) is 5.57. The average molecular weight is 332 g/mol. The third-order valence-electron chi connectivity index (χ3n) is 2.99. The number of β-amino-alcohol motifs (C(OH)–C–C–N with tert-alkyl or cyclic N) is 1. The second-order valence-electron chi connectivity index (χ2n) is 4.33. The Morgan fingerprint density at radius 2 is 2.11 bits per heavy atom. The highest BCUT2D eigenvalue weighted by Gasteiger charge is 2.39. The maximum atomic E-state index is 13.1. The van der Waals surface area contributed by atoms with Crippen LogP contribution in [-0.2, 0) is 4.79 Å². The van der Waals surface area contributed by atoms with Gasteiger partial charge in [0.1, 0.15) is 11.9 Å². The van der Waals surface area contributed by atoms with Crippen LogP contribution >= 0.6 is 15.9 Å². The van der Waals surface area contributed by atoms with E-state index in [-0.39, 0.29) is 23.0 Å². The maximum Gasteiger partial charge on any atom is 0.326 e. The molecule has 1 amide bonds. The zero-order chi connectivity index (χ0) is 14.2. The van der Waals surface area contributed by atoms with Crippen molar-refractivity contribution in [3.05, 3.63) is 34.1 Å². The fraction of sp³-hybridized carbons (Fsp3) is 0.333. The molecule has 0 saturated carbocycles. The van der Waals surface area contributed by atoms with Crippen LogP contribution in [0.4, 0.5) is 4.39 Å². The molecule has 2 atom stereocenters. The summed E-state index contributed by atoms with van der Waals surface area (Å²) in [7, 11) is 0. The van der Waals surface area contributed by atoms with Crippen LogP contribution in [0.25, 0.3) is 0 Å². The first kappa shape index (κ1) is 14.0. The Balaban J connectivity index is 2.27. The predicted molar refractivity (Wildman–Crippen MR) is 67.2 cm³/mol. The number of aliphatic carboxylic acids is 1. The number of carboxylic acids is 1. The Bertz CT molecular complexity index is 536. The summed E-state index contributed by atoms with van der Waals surface area (Å²) in [6.45, 7) is -0.0369. The van der Waals surface area contributed by atoms with Gasteiger partial charge >= 0.3 is 5.97 Å². The van der Waals surface area contributed by atoms with Crippen LogP contribution in [0.3, 0.4) is 0 Å². The van der Waals surface area contributed by atoms with Crippen molar-refractivity contribution in [1.29, 1.82) is 0 Å². The summed E-state index contributed by atoms with van der Waals surface area (Å²) in [5.74, 6) is -2.21. The summed E-state index contributed by atoms with van der Waals surface area (Å²) in [4.78, 5) is 24.3. The normalized spacial score (nSPS) is 22.6. The molecule has 7 heteroatoms. The van der Waals surface area contributed by atoms with Crippen LogP contribution in [0.1, 0.15) is 16.8 Å². The first-order valence-corrected chi connectivity index (χ1v) is 6.36. The van der Waals surface area contributed by atoms with Crippen LogP contribution in [-0.4, -0.2) is 45.7 Å². The molecule has 102 valence electrons. The number of benzene rings is 1. The van der Waals surface area contributed by atoms with Crippen molar-refractivity contribution in [3.8, 4) is 0 Å². The maximum absolute atomic E-state index is 13.1. The van der Waals surface area contributed by atoms with Gasteiger partial charge in [0, 0.05) is 18.5 Å². The molecule has 0 spiro atoms. The predicted octanol–water partition coefficient (Wildman–Crippen LogP) is 1.25. The van der Waals surface area contributed by atoms with Crippen LogP contribution in [0.5, 0.6) is 0 Å². The Morgan fingerprint density at radius 1 is 1.42 bits per heavy atom. The lowest BCUT2D eigenvalue weighted by Gasteiger charge is -2.21. The number of halogens is 2. The molecule has 1 saturated heterocycles. The summed E-state index contributed by atoms with van der Waals surface area (Å²) < 4.78 is 13.2. The van der Waals surface area contributed by atoms with Crippen LogP contribution in [0, 0.1) is 5.82 Å².